The summed E-state index contributed by atoms with van der Waals surface area (Å²) in [6, 6.07) is 3.32. The van der Waals surface area contributed by atoms with Crippen molar-refractivity contribution in [2.75, 3.05) is 11.9 Å². The van der Waals surface area contributed by atoms with E-state index in [1.54, 1.807) is 6.07 Å². The number of rotatable bonds is 2. The van der Waals surface area contributed by atoms with Crippen molar-refractivity contribution in [3.8, 4) is 0 Å². The molecule has 15 heavy (non-hydrogen) atoms. The number of benzene rings is 1. The minimum absolute atomic E-state index is 0.214. The van der Waals surface area contributed by atoms with Gasteiger partial charge in [-0.2, -0.15) is 0 Å². The Morgan fingerprint density at radius 3 is 2.47 bits per heavy atom. The van der Waals surface area contributed by atoms with Crippen LogP contribution in [0.1, 0.15) is 26.3 Å². The lowest BCUT2D eigenvalue weighted by Crippen LogP contribution is -2.19. The molecular formula is C12H17BrFN. The van der Waals surface area contributed by atoms with Crippen LogP contribution in [0.2, 0.25) is 0 Å². The first kappa shape index (κ1) is 12.5. The number of aryl methyl sites for hydroxylation is 1. The van der Waals surface area contributed by atoms with Crippen molar-refractivity contribution in [2.45, 2.75) is 27.7 Å². The van der Waals surface area contributed by atoms with Gasteiger partial charge in [0.25, 0.3) is 0 Å². The number of hydrogen-bond donors (Lipinski definition) is 1. The predicted molar refractivity (Wildman–Crippen MR) is 66.8 cm³/mol. The average Bonchev–Trinajstić information content (AvgIpc) is 2.07. The van der Waals surface area contributed by atoms with E-state index in [2.05, 4.69) is 42.0 Å². The largest absolute Gasteiger partial charge is 0.384 e. The monoisotopic (exact) mass is 273 g/mol. The maximum Gasteiger partial charge on any atom is 0.137 e. The molecule has 0 unspecified atom stereocenters. The van der Waals surface area contributed by atoms with Gasteiger partial charge in [0.15, 0.2) is 0 Å². The number of anilines is 1. The Morgan fingerprint density at radius 1 is 1.33 bits per heavy atom. The van der Waals surface area contributed by atoms with Crippen molar-refractivity contribution >= 4 is 21.6 Å². The highest BCUT2D eigenvalue weighted by Gasteiger charge is 2.11. The Morgan fingerprint density at radius 2 is 1.93 bits per heavy atom. The van der Waals surface area contributed by atoms with Crippen LogP contribution in [0.25, 0.3) is 0 Å². The van der Waals surface area contributed by atoms with E-state index in [0.717, 1.165) is 17.8 Å². The molecule has 0 fully saturated rings. The molecule has 0 aliphatic rings. The lowest BCUT2D eigenvalue weighted by molar-refractivity contribution is 0.443. The fraction of sp³-hybridized carbons (Fsp3) is 0.500. The molecule has 0 aromatic heterocycles. The summed E-state index contributed by atoms with van der Waals surface area (Å²) < 4.78 is 13.7. The highest BCUT2D eigenvalue weighted by atomic mass is 79.9. The van der Waals surface area contributed by atoms with E-state index in [1.807, 2.05) is 6.92 Å². The van der Waals surface area contributed by atoms with Gasteiger partial charge in [-0.15, -0.1) is 0 Å². The Labute approximate surface area is 99.2 Å². The normalized spacial score (nSPS) is 11.6. The van der Waals surface area contributed by atoms with Crippen molar-refractivity contribution in [3.63, 3.8) is 0 Å². The van der Waals surface area contributed by atoms with E-state index in [1.165, 1.54) is 6.07 Å². The minimum Gasteiger partial charge on any atom is -0.384 e. The van der Waals surface area contributed by atoms with E-state index < -0.39 is 0 Å². The lowest BCUT2D eigenvalue weighted by atomic mass is 9.97. The number of nitrogens with one attached hydrogen (secondary N) is 1. The molecule has 0 spiro atoms. The van der Waals surface area contributed by atoms with Crippen LogP contribution in [0.4, 0.5) is 10.1 Å². The molecule has 0 aliphatic carbocycles. The van der Waals surface area contributed by atoms with Gasteiger partial charge in [0.2, 0.25) is 0 Å². The second kappa shape index (κ2) is 4.52. The summed E-state index contributed by atoms with van der Waals surface area (Å²) in [5.41, 5.74) is 2.13. The van der Waals surface area contributed by atoms with Gasteiger partial charge in [0, 0.05) is 12.2 Å². The molecule has 1 N–H and O–H groups in total. The maximum atomic E-state index is 13.2. The summed E-state index contributed by atoms with van der Waals surface area (Å²) in [5, 5.41) is 3.32. The van der Waals surface area contributed by atoms with Crippen molar-refractivity contribution in [3.05, 3.63) is 28.0 Å². The van der Waals surface area contributed by atoms with E-state index in [0.29, 0.717) is 4.47 Å². The third-order valence-corrected chi connectivity index (χ3v) is 2.68. The first-order chi connectivity index (χ1) is 6.79. The van der Waals surface area contributed by atoms with E-state index in [-0.39, 0.29) is 11.2 Å². The zero-order valence-electron chi connectivity index (χ0n) is 9.62. The molecule has 0 saturated heterocycles. The minimum atomic E-state index is -0.214. The van der Waals surface area contributed by atoms with Crippen molar-refractivity contribution in [1.29, 1.82) is 0 Å². The highest BCUT2D eigenvalue weighted by Crippen LogP contribution is 2.25. The van der Waals surface area contributed by atoms with Gasteiger partial charge in [-0.1, -0.05) is 20.8 Å². The summed E-state index contributed by atoms with van der Waals surface area (Å²) in [6.07, 6.45) is 0. The highest BCUT2D eigenvalue weighted by molar-refractivity contribution is 9.10. The third-order valence-electron chi connectivity index (χ3n) is 2.08. The number of hydrogen-bond acceptors (Lipinski definition) is 1. The van der Waals surface area contributed by atoms with Gasteiger partial charge in [0.1, 0.15) is 5.82 Å². The van der Waals surface area contributed by atoms with Crippen LogP contribution >= 0.6 is 15.9 Å². The van der Waals surface area contributed by atoms with Crippen LogP contribution < -0.4 is 5.32 Å². The standard InChI is InChI=1S/C12H17BrFN/c1-8-5-10(14)9(13)6-11(8)15-7-12(2,3)4/h5-6,15H,7H2,1-4H3. The second-order valence-electron chi connectivity index (χ2n) is 5.00. The predicted octanol–water partition coefficient (Wildman–Crippen LogP) is 4.35. The number of halogens is 2. The molecule has 1 nitrogen and oxygen atoms in total. The molecular weight excluding hydrogens is 257 g/mol. The molecule has 0 aliphatic heterocycles. The van der Waals surface area contributed by atoms with E-state index >= 15 is 0 Å². The quantitative estimate of drug-likeness (QED) is 0.845. The lowest BCUT2D eigenvalue weighted by Gasteiger charge is -2.20. The molecule has 0 heterocycles. The van der Waals surface area contributed by atoms with Crippen LogP contribution in [0.5, 0.6) is 0 Å². The molecule has 1 aromatic rings. The van der Waals surface area contributed by atoms with Crippen LogP contribution in [-0.4, -0.2) is 6.54 Å². The first-order valence-corrected chi connectivity index (χ1v) is 5.78. The van der Waals surface area contributed by atoms with Crippen LogP contribution in [0.15, 0.2) is 16.6 Å². The summed E-state index contributed by atoms with van der Waals surface area (Å²) >= 11 is 3.19. The fourth-order valence-electron chi connectivity index (χ4n) is 1.20. The summed E-state index contributed by atoms with van der Waals surface area (Å²) in [5.74, 6) is -0.214. The molecule has 0 bridgehead atoms. The van der Waals surface area contributed by atoms with Crippen molar-refractivity contribution < 1.29 is 4.39 Å². The summed E-state index contributed by atoms with van der Waals surface area (Å²) in [6.45, 7) is 9.25. The molecule has 0 atom stereocenters. The Bertz CT molecular complexity index is 355. The van der Waals surface area contributed by atoms with Gasteiger partial charge in [-0.25, -0.2) is 4.39 Å². The summed E-state index contributed by atoms with van der Waals surface area (Å²) in [4.78, 5) is 0. The molecule has 3 heteroatoms. The average molecular weight is 274 g/mol. The smallest absolute Gasteiger partial charge is 0.137 e. The van der Waals surface area contributed by atoms with Gasteiger partial charge in [-0.05, 0) is 46.0 Å². The molecule has 0 amide bonds. The van der Waals surface area contributed by atoms with Crippen LogP contribution in [0.3, 0.4) is 0 Å². The summed E-state index contributed by atoms with van der Waals surface area (Å²) in [7, 11) is 0. The van der Waals surface area contributed by atoms with Crippen molar-refractivity contribution in [1.82, 2.24) is 0 Å². The Kier molecular flexibility index (Phi) is 3.77. The third kappa shape index (κ3) is 3.82. The van der Waals surface area contributed by atoms with Gasteiger partial charge in [-0.3, -0.25) is 0 Å². The SMILES string of the molecule is Cc1cc(F)c(Br)cc1NCC(C)(C)C. The van der Waals surface area contributed by atoms with Crippen molar-refractivity contribution in [2.24, 2.45) is 5.41 Å². The Balaban J connectivity index is 2.82. The van der Waals surface area contributed by atoms with Gasteiger partial charge < -0.3 is 5.32 Å². The van der Waals surface area contributed by atoms with Crippen LogP contribution in [0, 0.1) is 18.2 Å². The maximum absolute atomic E-state index is 13.2. The molecule has 0 saturated carbocycles. The van der Waals surface area contributed by atoms with E-state index in [9.17, 15) is 4.39 Å². The van der Waals surface area contributed by atoms with Gasteiger partial charge in [0.05, 0.1) is 4.47 Å². The zero-order chi connectivity index (χ0) is 11.6. The van der Waals surface area contributed by atoms with Crippen LogP contribution in [-0.2, 0) is 0 Å². The fourth-order valence-corrected chi connectivity index (χ4v) is 1.54. The van der Waals surface area contributed by atoms with Gasteiger partial charge >= 0.3 is 0 Å². The zero-order valence-corrected chi connectivity index (χ0v) is 11.2. The first-order valence-electron chi connectivity index (χ1n) is 4.99. The molecule has 0 radical (unpaired) electrons. The molecule has 84 valence electrons. The van der Waals surface area contributed by atoms with E-state index in [4.69, 9.17) is 0 Å². The Hall–Kier alpha value is -0.570. The topological polar surface area (TPSA) is 12.0 Å². The molecule has 1 rings (SSSR count). The molecule has 1 aromatic carbocycles. The second-order valence-corrected chi connectivity index (χ2v) is 5.85.